The minimum atomic E-state index is -0.400. The van der Waals surface area contributed by atoms with Gasteiger partial charge in [-0.3, -0.25) is 0 Å². The summed E-state index contributed by atoms with van der Waals surface area (Å²) in [5, 5.41) is 8.11. The highest BCUT2D eigenvalue weighted by Crippen LogP contribution is 2.42. The van der Waals surface area contributed by atoms with E-state index in [0.717, 1.165) is 18.5 Å². The van der Waals surface area contributed by atoms with Crippen molar-refractivity contribution in [2.45, 2.75) is 18.8 Å². The van der Waals surface area contributed by atoms with E-state index in [0.29, 0.717) is 22.4 Å². The van der Waals surface area contributed by atoms with E-state index >= 15 is 0 Å². The second-order valence-corrected chi connectivity index (χ2v) is 4.61. The van der Waals surface area contributed by atoms with E-state index < -0.39 is 5.82 Å². The zero-order valence-electron chi connectivity index (χ0n) is 8.90. The van der Waals surface area contributed by atoms with Gasteiger partial charge in [0.15, 0.2) is 5.82 Å². The molecule has 0 radical (unpaired) electrons. The van der Waals surface area contributed by atoms with Gasteiger partial charge >= 0.3 is 0 Å². The fraction of sp³-hybridized carbons (Fsp3) is 0.273. The molecule has 1 aliphatic rings. The number of anilines is 1. The number of hydrogen-bond donors (Lipinski definition) is 1. The number of nitrogen functional groups attached to an aromatic ring is 1. The van der Waals surface area contributed by atoms with Crippen molar-refractivity contribution in [3.05, 3.63) is 34.7 Å². The van der Waals surface area contributed by atoms with Crippen molar-refractivity contribution in [3.8, 4) is 5.69 Å². The highest BCUT2D eigenvalue weighted by Gasteiger charge is 2.31. The molecule has 1 aromatic carbocycles. The van der Waals surface area contributed by atoms with Crippen molar-refractivity contribution in [2.24, 2.45) is 0 Å². The number of benzene rings is 1. The third-order valence-corrected chi connectivity index (χ3v) is 3.01. The van der Waals surface area contributed by atoms with Crippen molar-refractivity contribution < 1.29 is 4.39 Å². The van der Waals surface area contributed by atoms with Crippen molar-refractivity contribution in [1.82, 2.24) is 15.0 Å². The molecule has 17 heavy (non-hydrogen) atoms. The summed E-state index contributed by atoms with van der Waals surface area (Å²) in [6.07, 6.45) is 2.14. The Hall–Kier alpha value is -1.62. The monoisotopic (exact) mass is 252 g/mol. The maximum atomic E-state index is 13.3. The Morgan fingerprint density at radius 2 is 2.12 bits per heavy atom. The van der Waals surface area contributed by atoms with Gasteiger partial charge < -0.3 is 5.73 Å². The third-order valence-electron chi connectivity index (χ3n) is 2.79. The van der Waals surface area contributed by atoms with Crippen molar-refractivity contribution in [2.75, 3.05) is 5.73 Å². The van der Waals surface area contributed by atoms with E-state index in [1.165, 1.54) is 12.1 Å². The van der Waals surface area contributed by atoms with Crippen LogP contribution < -0.4 is 5.73 Å². The van der Waals surface area contributed by atoms with E-state index in [2.05, 4.69) is 10.3 Å². The predicted octanol–water partition coefficient (Wildman–Crippen LogP) is 2.52. The highest BCUT2D eigenvalue weighted by atomic mass is 35.5. The van der Waals surface area contributed by atoms with Crippen molar-refractivity contribution >= 4 is 17.4 Å². The van der Waals surface area contributed by atoms with E-state index in [1.807, 2.05) is 0 Å². The average Bonchev–Trinajstić information content (AvgIpc) is 3.01. The first kappa shape index (κ1) is 10.5. The van der Waals surface area contributed by atoms with Gasteiger partial charge in [0.05, 0.1) is 11.4 Å². The zero-order valence-corrected chi connectivity index (χ0v) is 9.65. The molecule has 1 heterocycles. The van der Waals surface area contributed by atoms with Crippen LogP contribution in [-0.4, -0.2) is 15.0 Å². The first-order valence-corrected chi connectivity index (χ1v) is 5.70. The molecule has 1 fully saturated rings. The molecule has 0 aliphatic heterocycles. The molecule has 88 valence electrons. The molecule has 0 saturated heterocycles. The summed E-state index contributed by atoms with van der Waals surface area (Å²) in [5.41, 5.74) is 7.18. The molecule has 6 heteroatoms. The number of halogens is 2. The average molecular weight is 253 g/mol. The summed E-state index contributed by atoms with van der Waals surface area (Å²) in [5.74, 6) is 0.392. The summed E-state index contributed by atoms with van der Waals surface area (Å²) in [6.45, 7) is 0. The second kappa shape index (κ2) is 3.70. The van der Waals surface area contributed by atoms with Gasteiger partial charge in [-0.05, 0) is 31.0 Å². The van der Waals surface area contributed by atoms with Crippen LogP contribution in [0.25, 0.3) is 5.69 Å². The molecular formula is C11H10ClFN4. The smallest absolute Gasteiger partial charge is 0.169 e. The first-order chi connectivity index (χ1) is 8.15. The first-order valence-electron chi connectivity index (χ1n) is 5.32. The summed E-state index contributed by atoms with van der Waals surface area (Å²) >= 11 is 5.82. The van der Waals surface area contributed by atoms with Crippen molar-refractivity contribution in [1.29, 1.82) is 0 Å². The summed E-state index contributed by atoms with van der Waals surface area (Å²) in [6, 6.07) is 4.26. The molecule has 0 bridgehead atoms. The second-order valence-electron chi connectivity index (χ2n) is 4.17. The number of aromatic nitrogens is 3. The molecule has 0 amide bonds. The van der Waals surface area contributed by atoms with Crippen LogP contribution in [0.5, 0.6) is 0 Å². The van der Waals surface area contributed by atoms with Gasteiger partial charge in [0, 0.05) is 10.9 Å². The van der Waals surface area contributed by atoms with Crippen LogP contribution in [0.3, 0.4) is 0 Å². The van der Waals surface area contributed by atoms with E-state index in [-0.39, 0.29) is 0 Å². The largest absolute Gasteiger partial charge is 0.381 e. The minimum Gasteiger partial charge on any atom is -0.381 e. The van der Waals surface area contributed by atoms with Crippen LogP contribution in [0.15, 0.2) is 18.2 Å². The molecule has 1 aromatic heterocycles. The lowest BCUT2D eigenvalue weighted by molar-refractivity contribution is 0.624. The molecule has 3 rings (SSSR count). The topological polar surface area (TPSA) is 56.7 Å². The SMILES string of the molecule is Nc1nnn(-c2cc(F)cc(Cl)c2)c1C1CC1. The van der Waals surface area contributed by atoms with Crippen LogP contribution in [0.1, 0.15) is 24.5 Å². The maximum absolute atomic E-state index is 13.3. The van der Waals surface area contributed by atoms with Crippen LogP contribution in [0.4, 0.5) is 10.2 Å². The van der Waals surface area contributed by atoms with E-state index in [1.54, 1.807) is 10.7 Å². The fourth-order valence-corrected chi connectivity index (χ4v) is 2.11. The highest BCUT2D eigenvalue weighted by molar-refractivity contribution is 6.30. The summed E-state index contributed by atoms with van der Waals surface area (Å²) in [4.78, 5) is 0. The molecule has 1 saturated carbocycles. The van der Waals surface area contributed by atoms with Gasteiger partial charge in [-0.2, -0.15) is 0 Å². The zero-order chi connectivity index (χ0) is 12.0. The Morgan fingerprint density at radius 3 is 2.76 bits per heavy atom. The van der Waals surface area contributed by atoms with Crippen LogP contribution in [0, 0.1) is 5.82 Å². The van der Waals surface area contributed by atoms with Crippen LogP contribution in [0.2, 0.25) is 5.02 Å². The Balaban J connectivity index is 2.14. The van der Waals surface area contributed by atoms with Crippen molar-refractivity contribution in [3.63, 3.8) is 0 Å². The quantitative estimate of drug-likeness (QED) is 0.894. The molecule has 4 nitrogen and oxygen atoms in total. The van der Waals surface area contributed by atoms with Gasteiger partial charge in [-0.25, -0.2) is 9.07 Å². The maximum Gasteiger partial charge on any atom is 0.169 e. The Bertz CT molecular complexity index is 557. The van der Waals surface area contributed by atoms with E-state index in [4.69, 9.17) is 17.3 Å². The lowest BCUT2D eigenvalue weighted by Crippen LogP contribution is -2.03. The van der Waals surface area contributed by atoms with Crippen LogP contribution in [-0.2, 0) is 0 Å². The molecule has 0 unspecified atom stereocenters. The lowest BCUT2D eigenvalue weighted by atomic mass is 10.2. The molecule has 2 N–H and O–H groups in total. The fourth-order valence-electron chi connectivity index (χ4n) is 1.89. The number of nitrogens with two attached hydrogens (primary N) is 1. The Kier molecular flexibility index (Phi) is 2.29. The Morgan fingerprint density at radius 1 is 1.35 bits per heavy atom. The van der Waals surface area contributed by atoms with Gasteiger partial charge in [0.25, 0.3) is 0 Å². The third kappa shape index (κ3) is 1.86. The van der Waals surface area contributed by atoms with Gasteiger partial charge in [0.1, 0.15) is 5.82 Å². The van der Waals surface area contributed by atoms with Gasteiger partial charge in [-0.1, -0.05) is 16.8 Å². The summed E-state index contributed by atoms with van der Waals surface area (Å²) in [7, 11) is 0. The number of hydrogen-bond acceptors (Lipinski definition) is 3. The van der Waals surface area contributed by atoms with E-state index in [9.17, 15) is 4.39 Å². The minimum absolute atomic E-state index is 0.329. The predicted molar refractivity (Wildman–Crippen MR) is 62.7 cm³/mol. The number of nitrogens with zero attached hydrogens (tertiary/aromatic N) is 3. The molecule has 0 spiro atoms. The molecule has 0 atom stereocenters. The normalized spacial score (nSPS) is 15.2. The molecular weight excluding hydrogens is 243 g/mol. The Labute approximate surface area is 102 Å². The molecule has 2 aromatic rings. The summed E-state index contributed by atoms with van der Waals surface area (Å²) < 4.78 is 14.9. The van der Waals surface area contributed by atoms with Gasteiger partial charge in [-0.15, -0.1) is 5.10 Å². The van der Waals surface area contributed by atoms with Gasteiger partial charge in [0.2, 0.25) is 0 Å². The van der Waals surface area contributed by atoms with Crippen LogP contribution >= 0.6 is 11.6 Å². The molecule has 1 aliphatic carbocycles. The standard InChI is InChI=1S/C11H10ClFN4/c12-7-3-8(13)5-9(4-7)17-10(6-1-2-6)11(14)15-16-17/h3-6H,1-2,14H2. The lowest BCUT2D eigenvalue weighted by Gasteiger charge is -2.06. The number of rotatable bonds is 2.